The maximum Gasteiger partial charge on any atom is 0.484 e. The zero-order valence-corrected chi connectivity index (χ0v) is 14.8. The van der Waals surface area contributed by atoms with Gasteiger partial charge in [0.1, 0.15) is 0 Å². The van der Waals surface area contributed by atoms with Crippen LogP contribution in [-0.4, -0.2) is 28.3 Å². The van der Waals surface area contributed by atoms with Crippen molar-refractivity contribution in [3.05, 3.63) is 0 Å². The van der Waals surface area contributed by atoms with Crippen molar-refractivity contribution in [2.75, 3.05) is 6.61 Å². The molecular formula is C15H34O3Si. The van der Waals surface area contributed by atoms with Crippen molar-refractivity contribution in [2.45, 2.75) is 91.8 Å². The van der Waals surface area contributed by atoms with Crippen molar-refractivity contribution in [1.82, 2.24) is 0 Å². The minimum absolute atomic E-state index is 0.185. The molecule has 0 fully saturated rings. The van der Waals surface area contributed by atoms with Gasteiger partial charge in [-0.05, 0) is 34.1 Å². The van der Waals surface area contributed by atoms with E-state index in [4.69, 9.17) is 13.3 Å². The lowest BCUT2D eigenvalue weighted by atomic mass is 10.1. The molecule has 0 amide bonds. The van der Waals surface area contributed by atoms with Gasteiger partial charge in [0.2, 0.25) is 0 Å². The molecule has 0 aliphatic carbocycles. The maximum atomic E-state index is 5.79. The van der Waals surface area contributed by atoms with E-state index in [1.54, 1.807) is 0 Å². The number of unbranched alkanes of at least 4 members (excludes halogenated alkanes) is 6. The Balaban J connectivity index is 3.52. The monoisotopic (exact) mass is 290 g/mol. The molecule has 3 nitrogen and oxygen atoms in total. The summed E-state index contributed by atoms with van der Waals surface area (Å²) in [6.45, 7) is 11.1. The predicted molar refractivity (Wildman–Crippen MR) is 83.5 cm³/mol. The molecule has 0 heterocycles. The molecule has 4 heteroatoms. The molecule has 0 saturated heterocycles. The van der Waals surface area contributed by atoms with Crippen LogP contribution in [0.25, 0.3) is 0 Å². The molecule has 0 aromatic rings. The topological polar surface area (TPSA) is 27.7 Å². The predicted octanol–water partition coefficient (Wildman–Crippen LogP) is 4.32. The second-order valence-corrected chi connectivity index (χ2v) is 7.11. The second kappa shape index (κ2) is 13.1. The summed E-state index contributed by atoms with van der Waals surface area (Å²) in [6.07, 6.45) is 9.50. The lowest BCUT2D eigenvalue weighted by Crippen LogP contribution is -2.33. The van der Waals surface area contributed by atoms with Crippen molar-refractivity contribution in [3.63, 3.8) is 0 Å². The Kier molecular flexibility index (Phi) is 13.2. The average Bonchev–Trinajstić information content (AvgIpc) is 2.30. The van der Waals surface area contributed by atoms with Gasteiger partial charge in [-0.15, -0.1) is 0 Å². The van der Waals surface area contributed by atoms with E-state index in [1.165, 1.54) is 38.5 Å². The Labute approximate surface area is 122 Å². The van der Waals surface area contributed by atoms with Gasteiger partial charge in [0.05, 0.1) is 0 Å². The molecule has 0 bridgehead atoms. The van der Waals surface area contributed by atoms with Gasteiger partial charge in [-0.1, -0.05) is 45.4 Å². The first kappa shape index (κ1) is 19.1. The van der Waals surface area contributed by atoms with Crippen LogP contribution < -0.4 is 0 Å². The Hall–Kier alpha value is 0.0969. The van der Waals surface area contributed by atoms with Crippen molar-refractivity contribution in [3.8, 4) is 0 Å². The fourth-order valence-electron chi connectivity index (χ4n) is 1.79. The van der Waals surface area contributed by atoms with E-state index in [1.807, 2.05) is 27.7 Å². The van der Waals surface area contributed by atoms with E-state index in [0.29, 0.717) is 0 Å². The number of rotatable bonds is 13. The van der Waals surface area contributed by atoms with Gasteiger partial charge in [-0.3, -0.25) is 0 Å². The molecule has 0 N–H and O–H groups in total. The molecule has 19 heavy (non-hydrogen) atoms. The van der Waals surface area contributed by atoms with Crippen molar-refractivity contribution in [1.29, 1.82) is 0 Å². The molecular weight excluding hydrogens is 256 g/mol. The third-order valence-electron chi connectivity index (χ3n) is 2.77. The van der Waals surface area contributed by atoms with Gasteiger partial charge in [-0.25, -0.2) is 0 Å². The van der Waals surface area contributed by atoms with Gasteiger partial charge in [0.15, 0.2) is 0 Å². The zero-order valence-electron chi connectivity index (χ0n) is 13.6. The summed E-state index contributed by atoms with van der Waals surface area (Å²) in [4.78, 5) is 0. The molecule has 0 spiro atoms. The highest BCUT2D eigenvalue weighted by Gasteiger charge is 2.18. The van der Waals surface area contributed by atoms with E-state index < -0.39 is 9.53 Å². The SMILES string of the molecule is CCCCCCCCCO[SiH](OC(C)C)OC(C)C. The van der Waals surface area contributed by atoms with Crippen molar-refractivity contribution < 1.29 is 13.3 Å². The third kappa shape index (κ3) is 14.3. The zero-order chi connectivity index (χ0) is 14.5. The third-order valence-corrected chi connectivity index (χ3v) is 4.81. The lowest BCUT2D eigenvalue weighted by molar-refractivity contribution is 0.0494. The summed E-state index contributed by atoms with van der Waals surface area (Å²) < 4.78 is 17.2. The summed E-state index contributed by atoms with van der Waals surface area (Å²) in [7, 11) is -1.92. The molecule has 0 radical (unpaired) electrons. The summed E-state index contributed by atoms with van der Waals surface area (Å²) in [5, 5.41) is 0. The summed E-state index contributed by atoms with van der Waals surface area (Å²) in [5.74, 6) is 0. The molecule has 0 aromatic carbocycles. The molecule has 0 saturated carbocycles. The van der Waals surface area contributed by atoms with Gasteiger partial charge >= 0.3 is 9.53 Å². The highest BCUT2D eigenvalue weighted by atomic mass is 28.3. The van der Waals surface area contributed by atoms with E-state index in [0.717, 1.165) is 13.0 Å². The molecule has 0 rings (SSSR count). The van der Waals surface area contributed by atoms with Crippen molar-refractivity contribution in [2.24, 2.45) is 0 Å². The van der Waals surface area contributed by atoms with Crippen LogP contribution in [0.4, 0.5) is 0 Å². The highest BCUT2D eigenvalue weighted by Crippen LogP contribution is 2.08. The fraction of sp³-hybridized carbons (Fsp3) is 1.00. The highest BCUT2D eigenvalue weighted by molar-refractivity contribution is 6.36. The van der Waals surface area contributed by atoms with Crippen LogP contribution in [0.5, 0.6) is 0 Å². The van der Waals surface area contributed by atoms with E-state index >= 15 is 0 Å². The van der Waals surface area contributed by atoms with Crippen LogP contribution in [0.3, 0.4) is 0 Å². The first-order chi connectivity index (χ1) is 9.06. The maximum absolute atomic E-state index is 5.79. The van der Waals surface area contributed by atoms with Crippen LogP contribution in [0.2, 0.25) is 0 Å². The second-order valence-electron chi connectivity index (χ2n) is 5.65. The van der Waals surface area contributed by atoms with E-state index in [2.05, 4.69) is 6.92 Å². The Bertz CT molecular complexity index is 176. The lowest BCUT2D eigenvalue weighted by Gasteiger charge is -2.20. The minimum Gasteiger partial charge on any atom is -0.376 e. The van der Waals surface area contributed by atoms with Crippen LogP contribution in [0.1, 0.15) is 79.6 Å². The van der Waals surface area contributed by atoms with Crippen LogP contribution in [0, 0.1) is 0 Å². The van der Waals surface area contributed by atoms with E-state index in [9.17, 15) is 0 Å². The van der Waals surface area contributed by atoms with Crippen LogP contribution >= 0.6 is 0 Å². The van der Waals surface area contributed by atoms with Gasteiger partial charge < -0.3 is 13.3 Å². The largest absolute Gasteiger partial charge is 0.484 e. The van der Waals surface area contributed by atoms with Crippen LogP contribution in [0.15, 0.2) is 0 Å². The minimum atomic E-state index is -1.92. The molecule has 0 aromatic heterocycles. The Morgan fingerprint density at radius 2 is 1.21 bits per heavy atom. The van der Waals surface area contributed by atoms with Gasteiger partial charge in [0.25, 0.3) is 0 Å². The Morgan fingerprint density at radius 1 is 0.737 bits per heavy atom. The molecule has 0 unspecified atom stereocenters. The van der Waals surface area contributed by atoms with Gasteiger partial charge in [0, 0.05) is 18.8 Å². The number of hydrogen-bond donors (Lipinski definition) is 0. The quantitative estimate of drug-likeness (QED) is 0.373. The first-order valence-corrected chi connectivity index (χ1v) is 9.40. The normalized spacial score (nSPS) is 12.0. The summed E-state index contributed by atoms with van der Waals surface area (Å²) >= 11 is 0. The summed E-state index contributed by atoms with van der Waals surface area (Å²) in [5.41, 5.74) is 0. The van der Waals surface area contributed by atoms with Gasteiger partial charge in [-0.2, -0.15) is 0 Å². The summed E-state index contributed by atoms with van der Waals surface area (Å²) in [6, 6.07) is 0. The molecule has 116 valence electrons. The van der Waals surface area contributed by atoms with Crippen LogP contribution in [-0.2, 0) is 13.3 Å². The fourth-order valence-corrected chi connectivity index (χ4v) is 3.26. The average molecular weight is 291 g/mol. The molecule has 0 aliphatic heterocycles. The van der Waals surface area contributed by atoms with Crippen molar-refractivity contribution >= 4 is 9.53 Å². The molecule has 0 aliphatic rings. The first-order valence-electron chi connectivity index (χ1n) is 7.98. The smallest absolute Gasteiger partial charge is 0.376 e. The molecule has 0 atom stereocenters. The number of hydrogen-bond acceptors (Lipinski definition) is 3. The standard InChI is InChI=1S/C15H34O3Si/c1-6-7-8-9-10-11-12-13-16-19(17-14(2)3)18-15(4)5/h14-15,19H,6-13H2,1-5H3. The Morgan fingerprint density at radius 3 is 1.68 bits per heavy atom. The van der Waals surface area contributed by atoms with E-state index in [-0.39, 0.29) is 12.2 Å².